The third-order valence-corrected chi connectivity index (χ3v) is 4.07. The lowest BCUT2D eigenvalue weighted by atomic mass is 10.4. The number of aromatic nitrogens is 3. The van der Waals surface area contributed by atoms with Crippen LogP contribution >= 0.6 is 23.2 Å². The molecule has 5 nitrogen and oxygen atoms in total. The van der Waals surface area contributed by atoms with Gasteiger partial charge in [0.05, 0.1) is 5.02 Å². The molecule has 0 amide bonds. The summed E-state index contributed by atoms with van der Waals surface area (Å²) in [4.78, 5) is 3.50. The van der Waals surface area contributed by atoms with E-state index in [9.17, 15) is 8.42 Å². The fourth-order valence-electron chi connectivity index (χ4n) is 1.11. The Hall–Kier alpha value is -1.11. The van der Waals surface area contributed by atoms with E-state index in [-0.39, 0.29) is 9.92 Å². The van der Waals surface area contributed by atoms with E-state index in [1.807, 2.05) is 0 Å². The molecule has 0 bridgehead atoms. The third kappa shape index (κ3) is 1.91. The van der Waals surface area contributed by atoms with Crippen molar-refractivity contribution in [2.75, 3.05) is 0 Å². The lowest BCUT2D eigenvalue weighted by Crippen LogP contribution is -2.13. The van der Waals surface area contributed by atoms with Crippen LogP contribution < -0.4 is 0 Å². The van der Waals surface area contributed by atoms with Gasteiger partial charge in [0.1, 0.15) is 17.6 Å². The average molecular weight is 278 g/mol. The first-order chi connectivity index (χ1) is 7.51. The normalized spacial score (nSPS) is 11.6. The van der Waals surface area contributed by atoms with Gasteiger partial charge in [-0.2, -0.15) is 8.42 Å². The summed E-state index contributed by atoms with van der Waals surface area (Å²) in [5.74, 6) is 0. The average Bonchev–Trinajstić information content (AvgIpc) is 2.69. The van der Waals surface area contributed by atoms with Crippen molar-refractivity contribution in [3.8, 4) is 0 Å². The van der Waals surface area contributed by atoms with Gasteiger partial charge in [-0.15, -0.1) is 9.19 Å². The highest BCUT2D eigenvalue weighted by molar-refractivity contribution is 7.90. The highest BCUT2D eigenvalue weighted by Gasteiger charge is 2.20. The van der Waals surface area contributed by atoms with Crippen LogP contribution in [0.5, 0.6) is 0 Å². The zero-order valence-electron chi connectivity index (χ0n) is 7.71. The molecule has 0 aliphatic rings. The van der Waals surface area contributed by atoms with E-state index in [0.717, 1.165) is 16.7 Å². The second-order valence-electron chi connectivity index (χ2n) is 2.85. The summed E-state index contributed by atoms with van der Waals surface area (Å²) < 4.78 is 24.7. The van der Waals surface area contributed by atoms with E-state index in [0.29, 0.717) is 5.02 Å². The van der Waals surface area contributed by atoms with Crippen molar-refractivity contribution in [1.82, 2.24) is 14.2 Å². The van der Waals surface area contributed by atoms with Crippen LogP contribution in [0.15, 0.2) is 35.7 Å². The summed E-state index contributed by atoms with van der Waals surface area (Å²) in [7, 11) is -3.79. The number of nitrogens with zero attached hydrogens (tertiary/aromatic N) is 3. The van der Waals surface area contributed by atoms with Crippen molar-refractivity contribution in [2.24, 2.45) is 0 Å². The van der Waals surface area contributed by atoms with E-state index in [4.69, 9.17) is 23.2 Å². The van der Waals surface area contributed by atoms with E-state index in [2.05, 4.69) is 10.1 Å². The first kappa shape index (κ1) is 11.4. The molecule has 8 heteroatoms. The molecule has 0 saturated heterocycles. The van der Waals surface area contributed by atoms with Crippen molar-refractivity contribution in [1.29, 1.82) is 0 Å². The van der Waals surface area contributed by atoms with Crippen molar-refractivity contribution in [2.45, 2.75) is 4.90 Å². The number of rotatable bonds is 2. The van der Waals surface area contributed by atoms with Gasteiger partial charge in [-0.25, -0.2) is 4.98 Å². The summed E-state index contributed by atoms with van der Waals surface area (Å²) in [5, 5.41) is 3.96. The van der Waals surface area contributed by atoms with Gasteiger partial charge in [0.25, 0.3) is 10.0 Å². The predicted octanol–water partition coefficient (Wildman–Crippen LogP) is 1.82. The monoisotopic (exact) mass is 277 g/mol. The van der Waals surface area contributed by atoms with Crippen LogP contribution in [0.1, 0.15) is 0 Å². The molecule has 0 unspecified atom stereocenters. The molecule has 1 aromatic heterocycles. The first-order valence-corrected chi connectivity index (χ1v) is 6.26. The Morgan fingerprint density at radius 1 is 1.25 bits per heavy atom. The molecule has 2 rings (SSSR count). The highest BCUT2D eigenvalue weighted by Crippen LogP contribution is 2.25. The number of benzene rings is 1. The molecule has 0 fully saturated rings. The number of halogens is 2. The summed E-state index contributed by atoms with van der Waals surface area (Å²) in [6.45, 7) is 0. The molecule has 0 aliphatic carbocycles. The van der Waals surface area contributed by atoms with Gasteiger partial charge in [-0.3, -0.25) is 0 Å². The van der Waals surface area contributed by atoms with Crippen LogP contribution in [0.25, 0.3) is 0 Å². The van der Waals surface area contributed by atoms with Crippen LogP contribution in [0.3, 0.4) is 0 Å². The van der Waals surface area contributed by atoms with Crippen LogP contribution in [-0.2, 0) is 10.0 Å². The predicted molar refractivity (Wildman–Crippen MR) is 59.1 cm³/mol. The largest absolute Gasteiger partial charge is 0.285 e. The Morgan fingerprint density at radius 3 is 2.56 bits per heavy atom. The highest BCUT2D eigenvalue weighted by atomic mass is 35.5. The maximum absolute atomic E-state index is 12.0. The zero-order valence-corrected chi connectivity index (χ0v) is 10.0. The summed E-state index contributed by atoms with van der Waals surface area (Å²) in [6.07, 6.45) is 2.21. The second-order valence-corrected chi connectivity index (χ2v) is 5.46. The van der Waals surface area contributed by atoms with Gasteiger partial charge in [-0.05, 0) is 18.2 Å². The van der Waals surface area contributed by atoms with Gasteiger partial charge >= 0.3 is 0 Å². The minimum absolute atomic E-state index is 0.0444. The molecule has 2 aromatic rings. The van der Waals surface area contributed by atoms with Crippen molar-refractivity contribution < 1.29 is 8.42 Å². The third-order valence-electron chi connectivity index (χ3n) is 1.82. The molecule has 0 radical (unpaired) electrons. The lowest BCUT2D eigenvalue weighted by Gasteiger charge is -2.05. The standard InChI is InChI=1S/C8H5Cl2N3O2S/c9-6-1-2-8(7(10)3-6)16(14,15)13-5-11-4-12-13/h1-5H. The van der Waals surface area contributed by atoms with Gasteiger partial charge in [0.15, 0.2) is 0 Å². The van der Waals surface area contributed by atoms with Gasteiger partial charge in [0.2, 0.25) is 0 Å². The van der Waals surface area contributed by atoms with Crippen molar-refractivity contribution in [3.05, 3.63) is 40.9 Å². The quantitative estimate of drug-likeness (QED) is 0.840. The summed E-state index contributed by atoms with van der Waals surface area (Å²) in [6, 6.07) is 4.12. The molecule has 0 aliphatic heterocycles. The maximum atomic E-state index is 12.0. The molecule has 0 saturated carbocycles. The van der Waals surface area contributed by atoms with Gasteiger partial charge in [-0.1, -0.05) is 23.2 Å². The van der Waals surface area contributed by atoms with E-state index in [1.165, 1.54) is 18.2 Å². The smallest absolute Gasteiger partial charge is 0.222 e. The van der Waals surface area contributed by atoms with Crippen LogP contribution in [0.4, 0.5) is 0 Å². The minimum Gasteiger partial charge on any atom is -0.222 e. The van der Waals surface area contributed by atoms with Crippen molar-refractivity contribution >= 4 is 33.2 Å². The Morgan fingerprint density at radius 2 is 2.00 bits per heavy atom. The van der Waals surface area contributed by atoms with E-state index < -0.39 is 10.0 Å². The van der Waals surface area contributed by atoms with Crippen molar-refractivity contribution in [3.63, 3.8) is 0 Å². The van der Waals surface area contributed by atoms with Crippen LogP contribution in [0, 0.1) is 0 Å². The molecule has 16 heavy (non-hydrogen) atoms. The topological polar surface area (TPSA) is 64.8 Å². The number of hydrogen-bond acceptors (Lipinski definition) is 4. The molecule has 0 atom stereocenters. The first-order valence-electron chi connectivity index (χ1n) is 4.07. The SMILES string of the molecule is O=S(=O)(c1ccc(Cl)cc1Cl)n1cncn1. The Kier molecular flexibility index (Phi) is 2.88. The van der Waals surface area contributed by atoms with E-state index in [1.54, 1.807) is 0 Å². The molecule has 84 valence electrons. The second kappa shape index (κ2) is 4.04. The van der Waals surface area contributed by atoms with Crippen LogP contribution in [0.2, 0.25) is 10.0 Å². The molecule has 1 aromatic carbocycles. The molecular weight excluding hydrogens is 273 g/mol. The molecule has 0 N–H and O–H groups in total. The molecular formula is C8H5Cl2N3O2S. The lowest BCUT2D eigenvalue weighted by molar-refractivity contribution is 0.580. The Bertz CT molecular complexity index is 610. The molecule has 0 spiro atoms. The summed E-state index contributed by atoms with van der Waals surface area (Å²) >= 11 is 11.5. The van der Waals surface area contributed by atoms with Crippen LogP contribution in [-0.4, -0.2) is 22.6 Å². The summed E-state index contributed by atoms with van der Waals surface area (Å²) in [5.41, 5.74) is 0. The Labute approximate surface area is 102 Å². The maximum Gasteiger partial charge on any atom is 0.285 e. The van der Waals surface area contributed by atoms with Gasteiger partial charge in [0, 0.05) is 5.02 Å². The molecule has 1 heterocycles. The van der Waals surface area contributed by atoms with Gasteiger partial charge < -0.3 is 0 Å². The van der Waals surface area contributed by atoms with E-state index >= 15 is 0 Å². The fourth-order valence-corrected chi connectivity index (χ4v) is 2.90. The Balaban J connectivity index is 2.61. The number of hydrogen-bond donors (Lipinski definition) is 0. The minimum atomic E-state index is -3.79. The zero-order chi connectivity index (χ0) is 11.8. The fraction of sp³-hybridized carbons (Fsp3) is 0.